The normalized spacial score (nSPS) is 39.6. The summed E-state index contributed by atoms with van der Waals surface area (Å²) >= 11 is 0. The van der Waals surface area contributed by atoms with E-state index in [1.165, 1.54) is 6.92 Å². The number of carbonyl (C=O) groups excluding carboxylic acids is 3. The van der Waals surface area contributed by atoms with E-state index in [2.05, 4.69) is 0 Å². The first-order valence-corrected chi connectivity index (χ1v) is 13.1. The Morgan fingerprint density at radius 2 is 1.84 bits per heavy atom. The van der Waals surface area contributed by atoms with E-state index in [9.17, 15) is 24.6 Å². The van der Waals surface area contributed by atoms with Crippen molar-refractivity contribution in [1.29, 1.82) is 0 Å². The Balaban J connectivity index is 2.00. The van der Waals surface area contributed by atoms with Gasteiger partial charge < -0.3 is 29.2 Å². The number of carbonyl (C=O) groups is 3. The molecule has 0 bridgehead atoms. The van der Waals surface area contributed by atoms with Gasteiger partial charge >= 0.3 is 11.9 Å². The minimum atomic E-state index is -1.87. The smallest absolute Gasteiger partial charge is 0.338 e. The molecule has 4 rings (SSSR count). The molecule has 1 aliphatic carbocycles. The van der Waals surface area contributed by atoms with Crippen LogP contribution in [0.25, 0.3) is 0 Å². The van der Waals surface area contributed by atoms with Crippen molar-refractivity contribution in [2.45, 2.75) is 96.1 Å². The summed E-state index contributed by atoms with van der Waals surface area (Å²) in [6, 6.07) is 8.27. The number of hydrogen-bond donors (Lipinski definition) is 2. The molecule has 208 valence electrons. The van der Waals surface area contributed by atoms with E-state index in [4.69, 9.17) is 18.9 Å². The molecule has 0 saturated carbocycles. The SMILES string of the molecule is CC[C@H](O)[C@@]1(C)C(=O)[C@@H](C)OC2(C)C=C(C)CC[C@@]2(O)[C@@H](OC(=O)c2ccccc2)[C@@H]1[C@]1(OC(C)=O)CO1. The van der Waals surface area contributed by atoms with E-state index in [0.717, 1.165) is 5.57 Å². The largest absolute Gasteiger partial charge is 0.455 e. The summed E-state index contributed by atoms with van der Waals surface area (Å²) in [7, 11) is 0. The summed E-state index contributed by atoms with van der Waals surface area (Å²) in [4.78, 5) is 40.0. The second-order valence-corrected chi connectivity index (χ2v) is 11.2. The number of esters is 2. The molecule has 2 saturated heterocycles. The fraction of sp³-hybridized carbons (Fsp3) is 0.621. The molecule has 38 heavy (non-hydrogen) atoms. The number of aliphatic hydroxyl groups is 2. The monoisotopic (exact) mass is 530 g/mol. The van der Waals surface area contributed by atoms with Crippen LogP contribution in [0, 0.1) is 11.3 Å². The van der Waals surface area contributed by atoms with Crippen LogP contribution in [-0.2, 0) is 28.5 Å². The maximum Gasteiger partial charge on any atom is 0.338 e. The van der Waals surface area contributed by atoms with E-state index >= 15 is 0 Å². The quantitative estimate of drug-likeness (QED) is 0.323. The average Bonchev–Trinajstić information content (AvgIpc) is 3.63. The van der Waals surface area contributed by atoms with Crippen molar-refractivity contribution >= 4 is 17.7 Å². The summed E-state index contributed by atoms with van der Waals surface area (Å²) in [6.07, 6.45) is -1.26. The van der Waals surface area contributed by atoms with Crippen molar-refractivity contribution in [3.8, 4) is 0 Å². The Kier molecular flexibility index (Phi) is 7.37. The Bertz CT molecular complexity index is 1130. The first-order chi connectivity index (χ1) is 17.7. The average molecular weight is 531 g/mol. The molecule has 2 N–H and O–H groups in total. The van der Waals surface area contributed by atoms with E-state index in [0.29, 0.717) is 6.42 Å². The van der Waals surface area contributed by atoms with Gasteiger partial charge in [0.25, 0.3) is 0 Å². The Morgan fingerprint density at radius 1 is 1.21 bits per heavy atom. The van der Waals surface area contributed by atoms with Crippen molar-refractivity contribution < 1.29 is 43.5 Å². The van der Waals surface area contributed by atoms with Crippen LogP contribution in [0.5, 0.6) is 0 Å². The van der Waals surface area contributed by atoms with Crippen molar-refractivity contribution in [2.75, 3.05) is 6.61 Å². The van der Waals surface area contributed by atoms with Gasteiger partial charge in [0.2, 0.25) is 5.79 Å². The number of rotatable bonds is 6. The number of ether oxygens (including phenoxy) is 4. The zero-order chi connectivity index (χ0) is 28.1. The van der Waals surface area contributed by atoms with Gasteiger partial charge in [-0.15, -0.1) is 0 Å². The lowest BCUT2D eigenvalue weighted by Crippen LogP contribution is -2.73. The molecule has 2 aliphatic heterocycles. The van der Waals surface area contributed by atoms with Gasteiger partial charge in [-0.25, -0.2) is 4.79 Å². The van der Waals surface area contributed by atoms with Crippen molar-refractivity contribution in [3.05, 3.63) is 47.5 Å². The molecule has 0 aromatic heterocycles. The summed E-state index contributed by atoms with van der Waals surface area (Å²) < 4.78 is 23.9. The van der Waals surface area contributed by atoms with E-state index in [1.807, 2.05) is 6.92 Å². The fourth-order valence-electron chi connectivity index (χ4n) is 6.49. The molecule has 8 atom stereocenters. The number of epoxide rings is 1. The summed E-state index contributed by atoms with van der Waals surface area (Å²) in [6.45, 7) is 9.51. The number of aliphatic hydroxyl groups excluding tert-OH is 1. The first-order valence-electron chi connectivity index (χ1n) is 13.1. The van der Waals surface area contributed by atoms with E-state index < -0.39 is 64.4 Å². The first kappa shape index (κ1) is 28.4. The summed E-state index contributed by atoms with van der Waals surface area (Å²) in [5.74, 6) is -4.83. The Labute approximate surface area is 223 Å². The Hall–Kier alpha value is -2.59. The molecule has 9 heteroatoms. The molecule has 1 aromatic rings. The molecular weight excluding hydrogens is 492 g/mol. The van der Waals surface area contributed by atoms with Gasteiger partial charge in [0.15, 0.2) is 5.78 Å². The molecule has 9 nitrogen and oxygen atoms in total. The number of allylic oxidation sites excluding steroid dienone is 1. The maximum atomic E-state index is 14.2. The molecular formula is C29H38O9. The van der Waals surface area contributed by atoms with Crippen molar-refractivity contribution in [1.82, 2.24) is 0 Å². The molecule has 2 fully saturated rings. The van der Waals surface area contributed by atoms with Crippen LogP contribution >= 0.6 is 0 Å². The number of fused-ring (bicyclic) bond motifs is 1. The predicted molar refractivity (Wildman–Crippen MR) is 136 cm³/mol. The molecule has 0 radical (unpaired) electrons. The highest BCUT2D eigenvalue weighted by Crippen LogP contribution is 2.58. The van der Waals surface area contributed by atoms with Crippen LogP contribution in [0.1, 0.15) is 71.2 Å². The third kappa shape index (κ3) is 4.49. The molecule has 1 aromatic carbocycles. The van der Waals surface area contributed by atoms with Crippen molar-refractivity contribution in [3.63, 3.8) is 0 Å². The van der Waals surface area contributed by atoms with Gasteiger partial charge in [-0.2, -0.15) is 0 Å². The standard InChI is InChI=1S/C29H38O9/c1-7-21(31)27(6)22(29(16-35-29)38-19(4)30)24(36-25(33)20-11-9-8-10-12-20)28(34)14-13-17(2)15-26(28,5)37-18(3)23(27)32/h8-12,15,18,21-22,24,31,34H,7,13-14,16H2,1-6H3/t18-,21+,22+,24+,26?,27-,28-,29-/m1/s1. The molecule has 3 aliphatic rings. The summed E-state index contributed by atoms with van der Waals surface area (Å²) in [5.41, 5.74) is -3.83. The third-order valence-electron chi connectivity index (χ3n) is 8.56. The van der Waals surface area contributed by atoms with Crippen LogP contribution in [0.15, 0.2) is 42.0 Å². The summed E-state index contributed by atoms with van der Waals surface area (Å²) in [5, 5.41) is 24.0. The lowest BCUT2D eigenvalue weighted by atomic mass is 9.56. The second kappa shape index (κ2) is 9.86. The van der Waals surface area contributed by atoms with Gasteiger partial charge in [-0.05, 0) is 59.1 Å². The molecule has 1 unspecified atom stereocenters. The van der Waals surface area contributed by atoms with Crippen molar-refractivity contribution in [2.24, 2.45) is 11.3 Å². The minimum absolute atomic E-state index is 0.0904. The van der Waals surface area contributed by atoms with E-state index in [1.54, 1.807) is 64.1 Å². The second-order valence-electron chi connectivity index (χ2n) is 11.2. The molecule has 2 heterocycles. The maximum absolute atomic E-state index is 14.2. The molecule has 0 spiro atoms. The van der Waals surface area contributed by atoms with Crippen LogP contribution in [-0.4, -0.2) is 69.8 Å². The Morgan fingerprint density at radius 3 is 2.39 bits per heavy atom. The minimum Gasteiger partial charge on any atom is -0.455 e. The third-order valence-corrected chi connectivity index (χ3v) is 8.56. The lowest BCUT2D eigenvalue weighted by molar-refractivity contribution is -0.274. The molecule has 0 amide bonds. The topological polar surface area (TPSA) is 132 Å². The zero-order valence-electron chi connectivity index (χ0n) is 22.9. The van der Waals surface area contributed by atoms with Gasteiger partial charge in [0.1, 0.15) is 30.0 Å². The lowest BCUT2D eigenvalue weighted by Gasteiger charge is -2.57. The zero-order valence-corrected chi connectivity index (χ0v) is 22.9. The number of Topliss-reactive ketones (excluding diaryl/α,β-unsaturated/α-hetero) is 1. The number of hydrogen-bond acceptors (Lipinski definition) is 9. The van der Waals surface area contributed by atoms with Gasteiger partial charge in [0.05, 0.1) is 23.0 Å². The highest BCUT2D eigenvalue weighted by atomic mass is 16.8. The highest BCUT2D eigenvalue weighted by Gasteiger charge is 2.74. The predicted octanol–water partition coefficient (Wildman–Crippen LogP) is 3.11. The number of ketones is 1. The van der Waals surface area contributed by atoms with Gasteiger partial charge in [-0.1, -0.05) is 36.8 Å². The van der Waals surface area contributed by atoms with Gasteiger partial charge in [-0.3, -0.25) is 9.59 Å². The van der Waals surface area contributed by atoms with E-state index in [-0.39, 0.29) is 25.0 Å². The van der Waals surface area contributed by atoms with Crippen LogP contribution in [0.4, 0.5) is 0 Å². The fourth-order valence-corrected chi connectivity index (χ4v) is 6.49. The number of benzene rings is 1. The van der Waals surface area contributed by atoms with Gasteiger partial charge in [0, 0.05) is 6.92 Å². The van der Waals surface area contributed by atoms with Crippen LogP contribution in [0.3, 0.4) is 0 Å². The van der Waals surface area contributed by atoms with Crippen LogP contribution < -0.4 is 0 Å². The van der Waals surface area contributed by atoms with Crippen LogP contribution in [0.2, 0.25) is 0 Å². The highest BCUT2D eigenvalue weighted by molar-refractivity contribution is 5.91.